The zero-order chi connectivity index (χ0) is 24.1. The van der Waals surface area contributed by atoms with Gasteiger partial charge in [-0.05, 0) is 64.0 Å². The summed E-state index contributed by atoms with van der Waals surface area (Å²) in [5, 5.41) is 7.75. The Hall–Kier alpha value is -4.50. The lowest BCUT2D eigenvalue weighted by Crippen LogP contribution is -2.30. The molecule has 0 bridgehead atoms. The van der Waals surface area contributed by atoms with Crippen LogP contribution in [0.25, 0.3) is 71.0 Å². The molecule has 0 radical (unpaired) electrons. The number of aromatic nitrogens is 3. The molecule has 0 aliphatic heterocycles. The lowest BCUT2D eigenvalue weighted by Gasteiger charge is -2.18. The van der Waals surface area contributed by atoms with Crippen LogP contribution in [0, 0.1) is 13.8 Å². The third-order valence-electron chi connectivity index (χ3n) is 8.12. The van der Waals surface area contributed by atoms with Crippen LogP contribution in [0.5, 0.6) is 0 Å². The number of nitrogens with zero attached hydrogens (tertiary/aromatic N) is 3. The van der Waals surface area contributed by atoms with E-state index in [1.165, 1.54) is 76.6 Å². The van der Waals surface area contributed by atoms with Gasteiger partial charge in [0.2, 0.25) is 0 Å². The van der Waals surface area contributed by atoms with E-state index in [1.807, 2.05) is 6.33 Å². The first kappa shape index (κ1) is 19.8. The minimum absolute atomic E-state index is 1.04. The molecule has 5 aromatic carbocycles. The van der Waals surface area contributed by atoms with E-state index in [1.54, 1.807) is 0 Å². The quantitative estimate of drug-likeness (QED) is 0.139. The number of fused-ring (bicyclic) bond motifs is 7. The Labute approximate surface area is 208 Å². The Balaban J connectivity index is 1.81. The van der Waals surface area contributed by atoms with Crippen molar-refractivity contribution in [1.82, 2.24) is 9.38 Å². The predicted octanol–water partition coefficient (Wildman–Crippen LogP) is 7.65. The summed E-state index contributed by atoms with van der Waals surface area (Å²) >= 11 is 0. The Morgan fingerprint density at radius 2 is 1.33 bits per heavy atom. The van der Waals surface area contributed by atoms with E-state index in [4.69, 9.17) is 4.98 Å². The molecule has 0 N–H and O–H groups in total. The largest absolute Gasteiger partial charge is 0.307 e. The lowest BCUT2D eigenvalue weighted by atomic mass is 9.92. The average molecular weight is 463 g/mol. The molecule has 0 saturated carbocycles. The molecule has 3 aromatic heterocycles. The molecule has 3 nitrogen and oxygen atoms in total. The van der Waals surface area contributed by atoms with Gasteiger partial charge in [0, 0.05) is 10.8 Å². The maximum atomic E-state index is 4.96. The van der Waals surface area contributed by atoms with E-state index < -0.39 is 0 Å². The van der Waals surface area contributed by atoms with Crippen LogP contribution < -0.4 is 4.57 Å². The Kier molecular flexibility index (Phi) is 3.73. The summed E-state index contributed by atoms with van der Waals surface area (Å²) in [6, 6.07) is 30.7. The second-order valence-electron chi connectivity index (χ2n) is 9.98. The highest BCUT2D eigenvalue weighted by Gasteiger charge is 2.28. The molecular formula is C33H24N3+. The fraction of sp³-hybridized carbons (Fsp3) is 0.0909. The summed E-state index contributed by atoms with van der Waals surface area (Å²) in [4.78, 5) is 4.96. The van der Waals surface area contributed by atoms with Crippen LogP contribution in [0.3, 0.4) is 0 Å². The van der Waals surface area contributed by atoms with Crippen LogP contribution in [-0.2, 0) is 7.05 Å². The molecule has 0 amide bonds. The maximum Gasteiger partial charge on any atom is 0.287 e. The zero-order valence-electron chi connectivity index (χ0n) is 20.5. The van der Waals surface area contributed by atoms with E-state index in [9.17, 15) is 0 Å². The van der Waals surface area contributed by atoms with Crippen LogP contribution in [0.1, 0.15) is 11.1 Å². The summed E-state index contributed by atoms with van der Waals surface area (Å²) in [6.07, 6.45) is 1.98. The van der Waals surface area contributed by atoms with Crippen LogP contribution in [0.2, 0.25) is 0 Å². The van der Waals surface area contributed by atoms with Crippen molar-refractivity contribution in [3.05, 3.63) is 102 Å². The van der Waals surface area contributed by atoms with Crippen LogP contribution >= 0.6 is 0 Å². The highest BCUT2D eigenvalue weighted by molar-refractivity contribution is 6.31. The summed E-state index contributed by atoms with van der Waals surface area (Å²) in [7, 11) is 2.13. The number of pyridine rings is 1. The summed E-state index contributed by atoms with van der Waals surface area (Å²) < 4.78 is 4.74. The average Bonchev–Trinajstić information content (AvgIpc) is 3.27. The van der Waals surface area contributed by atoms with Crippen molar-refractivity contribution in [3.8, 4) is 11.1 Å². The van der Waals surface area contributed by atoms with Gasteiger partial charge in [0.05, 0.1) is 34.4 Å². The smallest absolute Gasteiger partial charge is 0.287 e. The molecule has 170 valence electrons. The lowest BCUT2D eigenvalue weighted by molar-refractivity contribution is -0.646. The molecule has 0 fully saturated rings. The molecule has 3 heteroatoms. The summed E-state index contributed by atoms with van der Waals surface area (Å²) in [5.74, 6) is 0. The number of rotatable bonds is 1. The fourth-order valence-corrected chi connectivity index (χ4v) is 6.58. The van der Waals surface area contributed by atoms with E-state index in [0.29, 0.717) is 0 Å². The Bertz CT molecular complexity index is 2170. The SMILES string of the molecule is Cc1c2ccccc2c(C)c2c1c1c3c(cc(-c4ccccc4)c4c5ccccc5n2c43)nc[n+]1C. The van der Waals surface area contributed by atoms with Gasteiger partial charge in [0.25, 0.3) is 6.33 Å². The van der Waals surface area contributed by atoms with Gasteiger partial charge in [0.15, 0.2) is 5.52 Å². The highest BCUT2D eigenvalue weighted by atomic mass is 15.0. The fourth-order valence-electron chi connectivity index (χ4n) is 6.58. The molecule has 0 saturated heterocycles. The number of hydrogen-bond acceptors (Lipinski definition) is 1. The molecular weight excluding hydrogens is 438 g/mol. The van der Waals surface area contributed by atoms with Gasteiger partial charge in [-0.2, -0.15) is 0 Å². The number of aryl methyl sites for hydroxylation is 3. The molecule has 0 aliphatic carbocycles. The van der Waals surface area contributed by atoms with Gasteiger partial charge in [-0.1, -0.05) is 72.8 Å². The second-order valence-corrected chi connectivity index (χ2v) is 9.98. The van der Waals surface area contributed by atoms with E-state index in [-0.39, 0.29) is 0 Å². The van der Waals surface area contributed by atoms with Crippen molar-refractivity contribution in [2.75, 3.05) is 0 Å². The van der Waals surface area contributed by atoms with Gasteiger partial charge >= 0.3 is 0 Å². The topological polar surface area (TPSA) is 21.2 Å². The number of hydrogen-bond donors (Lipinski definition) is 0. The van der Waals surface area contributed by atoms with E-state index in [2.05, 4.69) is 115 Å². The molecule has 8 rings (SSSR count). The van der Waals surface area contributed by atoms with Crippen molar-refractivity contribution < 1.29 is 4.57 Å². The molecule has 0 unspecified atom stereocenters. The molecule has 8 aromatic rings. The van der Waals surface area contributed by atoms with Crippen LogP contribution in [0.15, 0.2) is 91.3 Å². The van der Waals surface area contributed by atoms with Gasteiger partial charge in [-0.25, -0.2) is 4.57 Å². The molecule has 3 heterocycles. The Morgan fingerprint density at radius 3 is 2.11 bits per heavy atom. The van der Waals surface area contributed by atoms with E-state index >= 15 is 0 Å². The first-order valence-corrected chi connectivity index (χ1v) is 12.5. The minimum Gasteiger partial charge on any atom is -0.307 e. The molecule has 0 spiro atoms. The van der Waals surface area contributed by atoms with Gasteiger partial charge in [-0.15, -0.1) is 0 Å². The summed E-state index contributed by atoms with van der Waals surface area (Å²) in [6.45, 7) is 4.56. The molecule has 0 atom stereocenters. The Morgan fingerprint density at radius 1 is 0.667 bits per heavy atom. The van der Waals surface area contributed by atoms with Crippen molar-refractivity contribution in [3.63, 3.8) is 0 Å². The normalized spacial score (nSPS) is 12.3. The van der Waals surface area contributed by atoms with Crippen molar-refractivity contribution in [1.29, 1.82) is 0 Å². The van der Waals surface area contributed by atoms with Crippen molar-refractivity contribution in [2.45, 2.75) is 13.8 Å². The molecule has 0 aliphatic rings. The second kappa shape index (κ2) is 6.79. The molecule has 36 heavy (non-hydrogen) atoms. The van der Waals surface area contributed by atoms with Crippen LogP contribution in [-0.4, -0.2) is 9.38 Å². The van der Waals surface area contributed by atoms with E-state index in [0.717, 1.165) is 5.52 Å². The van der Waals surface area contributed by atoms with Gasteiger partial charge in [0.1, 0.15) is 5.52 Å². The minimum atomic E-state index is 1.04. The van der Waals surface area contributed by atoms with Crippen LogP contribution in [0.4, 0.5) is 0 Å². The summed E-state index contributed by atoms with van der Waals surface area (Å²) in [5.41, 5.74) is 11.2. The maximum absolute atomic E-state index is 4.96. The monoisotopic (exact) mass is 462 g/mol. The number of para-hydroxylation sites is 1. The van der Waals surface area contributed by atoms with Crippen molar-refractivity contribution in [2.24, 2.45) is 7.05 Å². The van der Waals surface area contributed by atoms with Gasteiger partial charge in [-0.3, -0.25) is 0 Å². The first-order valence-electron chi connectivity index (χ1n) is 12.5. The predicted molar refractivity (Wildman–Crippen MR) is 150 cm³/mol. The standard InChI is InChI=1S/C33H24N3/c1-19-22-13-7-8-14-23(22)20(2)31-28(19)32-30-26(34-18-35(32)3)17-25(21-11-5-4-6-12-21)29-24-15-9-10-16-27(24)36(31)33(29)30/h4-18H,1-3H3/q+1. The first-order chi connectivity index (χ1) is 17.6. The third kappa shape index (κ3) is 2.28. The van der Waals surface area contributed by atoms with Crippen molar-refractivity contribution >= 4 is 59.9 Å². The van der Waals surface area contributed by atoms with Gasteiger partial charge < -0.3 is 4.40 Å². The highest BCUT2D eigenvalue weighted by Crippen LogP contribution is 2.46. The number of benzene rings is 5. The zero-order valence-corrected chi connectivity index (χ0v) is 20.5. The third-order valence-corrected chi connectivity index (χ3v) is 8.12.